The maximum Gasteiger partial charge on any atom is 0.146 e. The SMILES string of the molecule is Cc1cc(COc2cccc3ncccc23)oc1CN. The monoisotopic (exact) mass is 268 g/mol. The Kier molecular flexibility index (Phi) is 3.39. The van der Waals surface area contributed by atoms with Crippen LogP contribution < -0.4 is 10.5 Å². The summed E-state index contributed by atoms with van der Waals surface area (Å²) in [6, 6.07) is 11.7. The van der Waals surface area contributed by atoms with Crippen LogP contribution in [0.2, 0.25) is 0 Å². The molecule has 2 N–H and O–H groups in total. The summed E-state index contributed by atoms with van der Waals surface area (Å²) < 4.78 is 11.5. The largest absolute Gasteiger partial charge is 0.485 e. The number of hydrogen-bond donors (Lipinski definition) is 1. The summed E-state index contributed by atoms with van der Waals surface area (Å²) in [4.78, 5) is 4.31. The molecule has 0 aliphatic carbocycles. The molecule has 4 nitrogen and oxygen atoms in total. The van der Waals surface area contributed by atoms with Gasteiger partial charge in [-0.15, -0.1) is 0 Å². The summed E-state index contributed by atoms with van der Waals surface area (Å²) in [5.41, 5.74) is 7.58. The molecule has 20 heavy (non-hydrogen) atoms. The lowest BCUT2D eigenvalue weighted by atomic mass is 10.2. The molecular formula is C16H16N2O2. The molecule has 0 saturated carbocycles. The van der Waals surface area contributed by atoms with Crippen molar-refractivity contribution in [3.63, 3.8) is 0 Å². The second-order valence-electron chi connectivity index (χ2n) is 4.64. The lowest BCUT2D eigenvalue weighted by Gasteiger charge is -2.07. The van der Waals surface area contributed by atoms with Gasteiger partial charge in [-0.2, -0.15) is 0 Å². The van der Waals surface area contributed by atoms with Gasteiger partial charge in [0.1, 0.15) is 23.9 Å². The average Bonchev–Trinajstić information content (AvgIpc) is 2.85. The Labute approximate surface area is 117 Å². The molecule has 3 aromatic rings. The number of pyridine rings is 1. The highest BCUT2D eigenvalue weighted by Gasteiger charge is 2.08. The van der Waals surface area contributed by atoms with E-state index in [1.807, 2.05) is 43.3 Å². The van der Waals surface area contributed by atoms with Gasteiger partial charge in [-0.3, -0.25) is 4.98 Å². The topological polar surface area (TPSA) is 61.3 Å². The summed E-state index contributed by atoms with van der Waals surface area (Å²) >= 11 is 0. The minimum atomic E-state index is 0.384. The molecule has 0 radical (unpaired) electrons. The predicted molar refractivity (Wildman–Crippen MR) is 77.4 cm³/mol. The van der Waals surface area contributed by atoms with Crippen molar-refractivity contribution < 1.29 is 9.15 Å². The molecule has 0 saturated heterocycles. The zero-order chi connectivity index (χ0) is 13.9. The fraction of sp³-hybridized carbons (Fsp3) is 0.188. The smallest absolute Gasteiger partial charge is 0.146 e. The quantitative estimate of drug-likeness (QED) is 0.789. The number of aryl methyl sites for hydroxylation is 1. The maximum absolute atomic E-state index is 5.84. The van der Waals surface area contributed by atoms with Crippen LogP contribution in [0.1, 0.15) is 17.1 Å². The predicted octanol–water partition coefficient (Wildman–Crippen LogP) is 3.17. The van der Waals surface area contributed by atoms with E-state index in [0.717, 1.165) is 33.7 Å². The van der Waals surface area contributed by atoms with Crippen molar-refractivity contribution in [2.24, 2.45) is 5.73 Å². The van der Waals surface area contributed by atoms with Gasteiger partial charge in [-0.25, -0.2) is 0 Å². The Hall–Kier alpha value is -2.33. The van der Waals surface area contributed by atoms with Gasteiger partial charge in [0, 0.05) is 11.6 Å². The number of furan rings is 1. The van der Waals surface area contributed by atoms with E-state index >= 15 is 0 Å². The number of fused-ring (bicyclic) bond motifs is 1. The average molecular weight is 268 g/mol. The van der Waals surface area contributed by atoms with E-state index < -0.39 is 0 Å². The number of nitrogens with two attached hydrogens (primary N) is 1. The minimum Gasteiger partial charge on any atom is -0.485 e. The molecule has 0 bridgehead atoms. The van der Waals surface area contributed by atoms with Crippen molar-refractivity contribution in [2.75, 3.05) is 0 Å². The second kappa shape index (κ2) is 5.35. The van der Waals surface area contributed by atoms with Gasteiger partial charge >= 0.3 is 0 Å². The standard InChI is InChI=1S/C16H16N2O2/c1-11-8-12(20-16(11)9-17)10-19-15-6-2-5-14-13(15)4-3-7-18-14/h2-8H,9-10,17H2,1H3. The first kappa shape index (κ1) is 12.7. The van der Waals surface area contributed by atoms with Crippen LogP contribution in [0, 0.1) is 6.92 Å². The van der Waals surface area contributed by atoms with Crippen molar-refractivity contribution in [3.8, 4) is 5.75 Å². The molecule has 4 heteroatoms. The summed E-state index contributed by atoms with van der Waals surface area (Å²) in [5, 5.41) is 0.998. The van der Waals surface area contributed by atoms with Crippen LogP contribution in [-0.2, 0) is 13.2 Å². The molecular weight excluding hydrogens is 252 g/mol. The summed E-state index contributed by atoms with van der Waals surface area (Å²) in [7, 11) is 0. The fourth-order valence-electron chi connectivity index (χ4n) is 2.21. The van der Waals surface area contributed by atoms with Crippen molar-refractivity contribution in [3.05, 3.63) is 59.7 Å². The third kappa shape index (κ3) is 2.38. The third-order valence-electron chi connectivity index (χ3n) is 3.23. The van der Waals surface area contributed by atoms with E-state index in [4.69, 9.17) is 14.9 Å². The van der Waals surface area contributed by atoms with Crippen LogP contribution in [0.25, 0.3) is 10.9 Å². The summed E-state index contributed by atoms with van der Waals surface area (Å²) in [6.07, 6.45) is 1.77. The highest BCUT2D eigenvalue weighted by molar-refractivity contribution is 5.84. The third-order valence-corrected chi connectivity index (χ3v) is 3.23. The zero-order valence-electron chi connectivity index (χ0n) is 11.3. The van der Waals surface area contributed by atoms with Gasteiger partial charge < -0.3 is 14.9 Å². The van der Waals surface area contributed by atoms with Crippen LogP contribution in [0.3, 0.4) is 0 Å². The Morgan fingerprint density at radius 3 is 2.95 bits per heavy atom. The lowest BCUT2D eigenvalue weighted by molar-refractivity contribution is 0.269. The second-order valence-corrected chi connectivity index (χ2v) is 4.64. The first-order valence-corrected chi connectivity index (χ1v) is 6.52. The molecule has 2 aromatic heterocycles. The van der Waals surface area contributed by atoms with Gasteiger partial charge in [0.2, 0.25) is 0 Å². The molecule has 3 rings (SSSR count). The molecule has 0 unspecified atom stereocenters. The van der Waals surface area contributed by atoms with Gasteiger partial charge in [0.15, 0.2) is 0 Å². The molecule has 0 amide bonds. The zero-order valence-corrected chi connectivity index (χ0v) is 11.3. The molecule has 0 aliphatic rings. The Bertz CT molecular complexity index is 729. The Morgan fingerprint density at radius 1 is 1.25 bits per heavy atom. The number of ether oxygens (including phenoxy) is 1. The first-order valence-electron chi connectivity index (χ1n) is 6.52. The van der Waals surface area contributed by atoms with Crippen molar-refractivity contribution in [1.82, 2.24) is 4.98 Å². The molecule has 0 aliphatic heterocycles. The van der Waals surface area contributed by atoms with E-state index in [1.165, 1.54) is 0 Å². The van der Waals surface area contributed by atoms with E-state index in [9.17, 15) is 0 Å². The van der Waals surface area contributed by atoms with E-state index in [2.05, 4.69) is 4.98 Å². The molecule has 0 spiro atoms. The van der Waals surface area contributed by atoms with Crippen molar-refractivity contribution >= 4 is 10.9 Å². The molecule has 1 aromatic carbocycles. The summed E-state index contributed by atoms with van der Waals surface area (Å²) in [5.74, 6) is 2.39. The summed E-state index contributed by atoms with van der Waals surface area (Å²) in [6.45, 7) is 2.77. The number of benzene rings is 1. The fourth-order valence-corrected chi connectivity index (χ4v) is 2.21. The number of aromatic nitrogens is 1. The number of rotatable bonds is 4. The van der Waals surface area contributed by atoms with Crippen molar-refractivity contribution in [2.45, 2.75) is 20.1 Å². The van der Waals surface area contributed by atoms with Gasteiger partial charge in [-0.05, 0) is 42.8 Å². The Morgan fingerprint density at radius 2 is 2.15 bits per heavy atom. The maximum atomic E-state index is 5.84. The highest BCUT2D eigenvalue weighted by atomic mass is 16.5. The highest BCUT2D eigenvalue weighted by Crippen LogP contribution is 2.25. The minimum absolute atomic E-state index is 0.384. The van der Waals surface area contributed by atoms with Crippen LogP contribution in [0.15, 0.2) is 47.0 Å². The normalized spacial score (nSPS) is 10.9. The van der Waals surface area contributed by atoms with E-state index in [1.54, 1.807) is 6.20 Å². The van der Waals surface area contributed by atoms with Crippen LogP contribution in [0.5, 0.6) is 5.75 Å². The van der Waals surface area contributed by atoms with Crippen LogP contribution in [-0.4, -0.2) is 4.98 Å². The molecule has 0 atom stereocenters. The van der Waals surface area contributed by atoms with Gasteiger partial charge in [0.05, 0.1) is 12.1 Å². The Balaban J connectivity index is 1.83. The van der Waals surface area contributed by atoms with Gasteiger partial charge in [-0.1, -0.05) is 6.07 Å². The van der Waals surface area contributed by atoms with Crippen LogP contribution >= 0.6 is 0 Å². The molecule has 0 fully saturated rings. The number of hydrogen-bond acceptors (Lipinski definition) is 4. The lowest BCUT2D eigenvalue weighted by Crippen LogP contribution is -1.96. The van der Waals surface area contributed by atoms with Gasteiger partial charge in [0.25, 0.3) is 0 Å². The molecule has 102 valence electrons. The van der Waals surface area contributed by atoms with Crippen LogP contribution in [0.4, 0.5) is 0 Å². The first-order chi connectivity index (χ1) is 9.78. The van der Waals surface area contributed by atoms with E-state index in [0.29, 0.717) is 13.2 Å². The molecule has 2 heterocycles. The number of nitrogens with zero attached hydrogens (tertiary/aromatic N) is 1. The van der Waals surface area contributed by atoms with E-state index in [-0.39, 0.29) is 0 Å². The van der Waals surface area contributed by atoms with Crippen molar-refractivity contribution in [1.29, 1.82) is 0 Å².